The summed E-state index contributed by atoms with van der Waals surface area (Å²) in [5, 5.41) is 0. The first kappa shape index (κ1) is 45.3. The van der Waals surface area contributed by atoms with Gasteiger partial charge in [-0.1, -0.05) is 154 Å². The van der Waals surface area contributed by atoms with Gasteiger partial charge < -0.3 is 14.2 Å². The first-order chi connectivity index (χ1) is 24.6. The van der Waals surface area contributed by atoms with Crippen LogP contribution in [0.25, 0.3) is 0 Å². The Hall–Kier alpha value is -2.70. The topological polar surface area (TPSA) is 91.8 Å². The lowest BCUT2D eigenvalue weighted by molar-refractivity contribution is -0.161. The van der Waals surface area contributed by atoms with Gasteiger partial charge in [-0.2, -0.15) is 0 Å². The molecule has 0 aliphatic rings. The average Bonchev–Trinajstić information content (AvgIpc) is 3.13. The summed E-state index contributed by atoms with van der Waals surface area (Å²) >= 11 is 0. The van der Waals surface area contributed by atoms with Gasteiger partial charge in [-0.25, -0.2) is 4.79 Å². The van der Waals surface area contributed by atoms with Crippen LogP contribution in [0.5, 0.6) is 0 Å². The molecule has 286 valence electrons. The van der Waals surface area contributed by atoms with Crippen LogP contribution in [0.15, 0.2) is 36.7 Å². The van der Waals surface area contributed by atoms with Crippen molar-refractivity contribution in [2.24, 2.45) is 0 Å². The summed E-state index contributed by atoms with van der Waals surface area (Å²) in [5.74, 6) is -1.24. The van der Waals surface area contributed by atoms with E-state index in [0.29, 0.717) is 12.0 Å². The fraction of sp³-hybridized carbons (Fsp3) is 0.767. The van der Waals surface area contributed by atoms with E-state index in [-0.39, 0.29) is 31.6 Å². The Morgan fingerprint density at radius 3 is 1.50 bits per heavy atom. The molecule has 0 bridgehead atoms. The summed E-state index contributed by atoms with van der Waals surface area (Å²) in [7, 11) is 0. The van der Waals surface area contributed by atoms with Gasteiger partial charge in [0.1, 0.15) is 13.2 Å². The van der Waals surface area contributed by atoms with E-state index < -0.39 is 12.1 Å². The zero-order valence-electron chi connectivity index (χ0n) is 32.2. The van der Waals surface area contributed by atoms with E-state index in [1.54, 1.807) is 18.3 Å². The second-order valence-corrected chi connectivity index (χ2v) is 14.0. The summed E-state index contributed by atoms with van der Waals surface area (Å²) in [5.41, 5.74) is 0.310. The van der Waals surface area contributed by atoms with E-state index >= 15 is 0 Å². The summed E-state index contributed by atoms with van der Waals surface area (Å²) in [4.78, 5) is 41.5. The molecule has 0 unspecified atom stereocenters. The molecule has 0 aliphatic heterocycles. The van der Waals surface area contributed by atoms with Gasteiger partial charge in [0.25, 0.3) is 0 Å². The van der Waals surface area contributed by atoms with Crippen molar-refractivity contribution < 1.29 is 28.6 Å². The van der Waals surface area contributed by atoms with Gasteiger partial charge in [-0.05, 0) is 50.7 Å². The van der Waals surface area contributed by atoms with Crippen LogP contribution >= 0.6 is 0 Å². The number of unbranched alkanes of at least 4 members (excludes halogenated alkanes) is 23. The first-order valence-corrected chi connectivity index (χ1v) is 20.6. The van der Waals surface area contributed by atoms with Crippen molar-refractivity contribution in [2.75, 3.05) is 13.2 Å². The number of rotatable bonds is 35. The molecule has 7 nitrogen and oxygen atoms in total. The third-order valence-corrected chi connectivity index (χ3v) is 9.15. The molecule has 0 aliphatic carbocycles. The van der Waals surface area contributed by atoms with Crippen LogP contribution in [-0.4, -0.2) is 42.2 Å². The minimum atomic E-state index is -0.846. The van der Waals surface area contributed by atoms with E-state index in [1.165, 1.54) is 122 Å². The smallest absolute Gasteiger partial charge is 0.339 e. The zero-order chi connectivity index (χ0) is 36.2. The Balaban J connectivity index is 2.23. The molecule has 0 amide bonds. The van der Waals surface area contributed by atoms with Crippen molar-refractivity contribution in [2.45, 2.75) is 200 Å². The van der Waals surface area contributed by atoms with E-state index in [0.717, 1.165) is 51.4 Å². The highest BCUT2D eigenvalue weighted by Crippen LogP contribution is 2.14. The Labute approximate surface area is 306 Å². The molecule has 0 radical (unpaired) electrons. The fourth-order valence-electron chi connectivity index (χ4n) is 5.98. The van der Waals surface area contributed by atoms with Gasteiger partial charge in [-0.3, -0.25) is 14.6 Å². The molecular weight excluding hydrogens is 626 g/mol. The van der Waals surface area contributed by atoms with Gasteiger partial charge in [0.15, 0.2) is 6.10 Å². The van der Waals surface area contributed by atoms with Crippen molar-refractivity contribution in [3.8, 4) is 0 Å². The minimum Gasteiger partial charge on any atom is -0.462 e. The molecule has 50 heavy (non-hydrogen) atoms. The lowest BCUT2D eigenvalue weighted by Crippen LogP contribution is -2.31. The lowest BCUT2D eigenvalue weighted by atomic mass is 10.0. The molecule has 0 spiro atoms. The SMILES string of the molecule is CCCCCCCC/C=C\CCCCCCCC(=O)O[C@H](COC(=O)CCCCCCCCCCCCCCC)COC(=O)c1cccnc1. The summed E-state index contributed by atoms with van der Waals surface area (Å²) in [6.07, 6.45) is 39.1. The number of hydrogen-bond acceptors (Lipinski definition) is 7. The molecule has 1 heterocycles. The molecule has 1 aromatic rings. The Bertz CT molecular complexity index is 965. The van der Waals surface area contributed by atoms with Gasteiger partial charge in [0.05, 0.1) is 5.56 Å². The van der Waals surface area contributed by atoms with Crippen LogP contribution in [-0.2, 0) is 23.8 Å². The predicted octanol–water partition coefficient (Wildman–Crippen LogP) is 12.2. The Kier molecular flexibility index (Phi) is 31.5. The van der Waals surface area contributed by atoms with Gasteiger partial charge in [-0.15, -0.1) is 0 Å². The number of ether oxygens (including phenoxy) is 3. The maximum atomic E-state index is 12.6. The quantitative estimate of drug-likeness (QED) is 0.0301. The van der Waals surface area contributed by atoms with Gasteiger partial charge in [0, 0.05) is 25.2 Å². The zero-order valence-corrected chi connectivity index (χ0v) is 32.2. The lowest BCUT2D eigenvalue weighted by Gasteiger charge is -2.18. The van der Waals surface area contributed by atoms with Crippen molar-refractivity contribution in [3.63, 3.8) is 0 Å². The van der Waals surface area contributed by atoms with Crippen LogP contribution in [0.3, 0.4) is 0 Å². The van der Waals surface area contributed by atoms with Crippen molar-refractivity contribution in [1.29, 1.82) is 0 Å². The largest absolute Gasteiger partial charge is 0.462 e. The van der Waals surface area contributed by atoms with E-state index in [9.17, 15) is 14.4 Å². The standard InChI is InChI=1S/C43H73NO6/c1-3-5-7-9-11-13-15-17-18-20-22-24-26-28-30-34-42(46)50-40(38-49-43(47)39-32-31-35-44-36-39)37-48-41(45)33-29-27-25-23-21-19-16-14-12-10-8-6-4-2/h17-18,31-32,35-36,40H,3-16,19-30,33-34,37-38H2,1-2H3/b18-17-/t40-/m1/s1. The molecule has 0 aromatic carbocycles. The maximum Gasteiger partial charge on any atom is 0.339 e. The number of aromatic nitrogens is 1. The van der Waals surface area contributed by atoms with Gasteiger partial charge >= 0.3 is 17.9 Å². The van der Waals surface area contributed by atoms with Crippen LogP contribution in [0.2, 0.25) is 0 Å². The fourth-order valence-corrected chi connectivity index (χ4v) is 5.98. The minimum absolute atomic E-state index is 0.129. The number of esters is 3. The highest BCUT2D eigenvalue weighted by molar-refractivity contribution is 5.88. The second kappa shape index (κ2) is 34.7. The molecule has 0 saturated carbocycles. The number of nitrogens with zero attached hydrogens (tertiary/aromatic N) is 1. The first-order valence-electron chi connectivity index (χ1n) is 20.6. The van der Waals surface area contributed by atoms with Crippen LogP contribution in [0.4, 0.5) is 0 Å². The number of pyridine rings is 1. The summed E-state index contributed by atoms with van der Waals surface area (Å²) < 4.78 is 16.5. The molecule has 7 heteroatoms. The van der Waals surface area contributed by atoms with E-state index in [4.69, 9.17) is 14.2 Å². The Morgan fingerprint density at radius 1 is 0.580 bits per heavy atom. The maximum absolute atomic E-state index is 12.6. The van der Waals surface area contributed by atoms with Crippen molar-refractivity contribution in [1.82, 2.24) is 4.98 Å². The van der Waals surface area contributed by atoms with Crippen LogP contribution < -0.4 is 0 Å². The third kappa shape index (κ3) is 29.1. The van der Waals surface area contributed by atoms with Crippen LogP contribution in [0, 0.1) is 0 Å². The summed E-state index contributed by atoms with van der Waals surface area (Å²) in [6.45, 7) is 4.20. The summed E-state index contributed by atoms with van der Waals surface area (Å²) in [6, 6.07) is 3.26. The number of carbonyl (C=O) groups excluding carboxylic acids is 3. The molecule has 1 rings (SSSR count). The highest BCUT2D eigenvalue weighted by atomic mass is 16.6. The number of carbonyl (C=O) groups is 3. The normalized spacial score (nSPS) is 11.9. The third-order valence-electron chi connectivity index (χ3n) is 9.15. The van der Waals surface area contributed by atoms with Crippen LogP contribution in [0.1, 0.15) is 204 Å². The highest BCUT2D eigenvalue weighted by Gasteiger charge is 2.20. The molecule has 0 fully saturated rings. The monoisotopic (exact) mass is 700 g/mol. The molecule has 0 saturated heterocycles. The average molecular weight is 700 g/mol. The van der Waals surface area contributed by atoms with Gasteiger partial charge in [0.2, 0.25) is 0 Å². The number of allylic oxidation sites excluding steroid dienone is 2. The Morgan fingerprint density at radius 2 is 1.02 bits per heavy atom. The van der Waals surface area contributed by atoms with Crippen molar-refractivity contribution in [3.05, 3.63) is 42.2 Å². The van der Waals surface area contributed by atoms with Crippen molar-refractivity contribution >= 4 is 17.9 Å². The van der Waals surface area contributed by atoms with E-state index in [1.807, 2.05) is 0 Å². The molecule has 1 aromatic heterocycles. The number of hydrogen-bond donors (Lipinski definition) is 0. The molecule has 1 atom stereocenters. The van der Waals surface area contributed by atoms with E-state index in [2.05, 4.69) is 31.0 Å². The predicted molar refractivity (Wildman–Crippen MR) is 205 cm³/mol. The molecular formula is C43H73NO6. The second-order valence-electron chi connectivity index (χ2n) is 14.0. The molecule has 0 N–H and O–H groups in total.